The van der Waals surface area contributed by atoms with Crippen molar-refractivity contribution in [1.82, 2.24) is 0 Å². The molecular formula is C14H22S. The van der Waals surface area contributed by atoms with E-state index in [1.807, 2.05) is 0 Å². The van der Waals surface area contributed by atoms with Crippen LogP contribution in [-0.4, -0.2) is 5.75 Å². The molecule has 6 atom stereocenters. The Morgan fingerprint density at radius 2 is 1.47 bits per heavy atom. The topological polar surface area (TPSA) is 0 Å². The van der Waals surface area contributed by atoms with Gasteiger partial charge in [0.2, 0.25) is 0 Å². The molecular weight excluding hydrogens is 200 g/mol. The minimum atomic E-state index is 1.10. The summed E-state index contributed by atoms with van der Waals surface area (Å²) >= 11 is 4.47. The maximum Gasteiger partial charge on any atom is -0.00951 e. The van der Waals surface area contributed by atoms with E-state index in [1.165, 1.54) is 18.3 Å². The van der Waals surface area contributed by atoms with Crippen molar-refractivity contribution in [3.05, 3.63) is 0 Å². The fourth-order valence-electron chi connectivity index (χ4n) is 6.31. The summed E-state index contributed by atoms with van der Waals surface area (Å²) < 4.78 is 0. The van der Waals surface area contributed by atoms with Crippen LogP contribution in [0.2, 0.25) is 0 Å². The van der Waals surface area contributed by atoms with Crippen LogP contribution >= 0.6 is 12.6 Å². The van der Waals surface area contributed by atoms with Crippen LogP contribution < -0.4 is 0 Å². The van der Waals surface area contributed by atoms with E-state index < -0.39 is 0 Å². The van der Waals surface area contributed by atoms with Gasteiger partial charge in [-0.15, -0.1) is 0 Å². The van der Waals surface area contributed by atoms with Gasteiger partial charge < -0.3 is 0 Å². The van der Waals surface area contributed by atoms with Crippen molar-refractivity contribution in [3.63, 3.8) is 0 Å². The first-order chi connectivity index (χ1) is 7.40. The molecule has 84 valence electrons. The molecule has 1 heteroatoms. The fourth-order valence-corrected chi connectivity index (χ4v) is 6.61. The fraction of sp³-hybridized carbons (Fsp3) is 1.00. The quantitative estimate of drug-likeness (QED) is 0.535. The van der Waals surface area contributed by atoms with Crippen LogP contribution in [0.3, 0.4) is 0 Å². The molecule has 0 aromatic rings. The maximum atomic E-state index is 4.47. The summed E-state index contributed by atoms with van der Waals surface area (Å²) in [4.78, 5) is 0. The van der Waals surface area contributed by atoms with Crippen molar-refractivity contribution in [3.8, 4) is 0 Å². The van der Waals surface area contributed by atoms with Crippen LogP contribution in [0.15, 0.2) is 0 Å². The van der Waals surface area contributed by atoms with Crippen LogP contribution in [0.4, 0.5) is 0 Å². The molecule has 4 aliphatic carbocycles. The first-order valence-corrected chi connectivity index (χ1v) is 7.64. The van der Waals surface area contributed by atoms with Crippen molar-refractivity contribution in [2.75, 3.05) is 5.75 Å². The molecule has 0 aromatic heterocycles. The Labute approximate surface area is 98.6 Å². The minimum absolute atomic E-state index is 1.10. The third-order valence-electron chi connectivity index (χ3n) is 6.43. The Kier molecular flexibility index (Phi) is 1.99. The molecule has 15 heavy (non-hydrogen) atoms. The zero-order valence-corrected chi connectivity index (χ0v) is 10.3. The maximum absolute atomic E-state index is 4.47. The molecule has 0 spiro atoms. The molecule has 4 saturated carbocycles. The van der Waals surface area contributed by atoms with Crippen molar-refractivity contribution in [2.45, 2.75) is 38.5 Å². The van der Waals surface area contributed by atoms with E-state index in [9.17, 15) is 0 Å². The summed E-state index contributed by atoms with van der Waals surface area (Å²) in [7, 11) is 0. The summed E-state index contributed by atoms with van der Waals surface area (Å²) in [6.07, 6.45) is 9.37. The average molecular weight is 222 g/mol. The van der Waals surface area contributed by atoms with E-state index in [-0.39, 0.29) is 0 Å². The largest absolute Gasteiger partial charge is 0.179 e. The van der Waals surface area contributed by atoms with Crippen LogP contribution in [0.5, 0.6) is 0 Å². The first-order valence-electron chi connectivity index (χ1n) is 7.01. The SMILES string of the molecule is SCCC1C2CCC1C1C3CCC(C3)C21. The van der Waals surface area contributed by atoms with Crippen LogP contribution in [0.25, 0.3) is 0 Å². The van der Waals surface area contributed by atoms with Crippen molar-refractivity contribution in [1.29, 1.82) is 0 Å². The number of hydrogen-bond acceptors (Lipinski definition) is 1. The standard InChI is InChI=1S/C14H22S/c15-6-5-10-11-3-4-12(10)14-9-2-1-8(7-9)13(11)14/h8-15H,1-7H2. The van der Waals surface area contributed by atoms with Crippen LogP contribution in [0.1, 0.15) is 38.5 Å². The van der Waals surface area contributed by atoms with E-state index in [4.69, 9.17) is 0 Å². The second-order valence-corrected chi connectivity index (χ2v) is 7.02. The summed E-state index contributed by atoms with van der Waals surface area (Å²) in [6, 6.07) is 0. The van der Waals surface area contributed by atoms with E-state index in [0.29, 0.717) is 0 Å². The normalized spacial score (nSPS) is 60.2. The van der Waals surface area contributed by atoms with Gasteiger partial charge in [0.1, 0.15) is 0 Å². The lowest BCUT2D eigenvalue weighted by Gasteiger charge is -2.34. The lowest BCUT2D eigenvalue weighted by Crippen LogP contribution is -2.27. The third-order valence-corrected chi connectivity index (χ3v) is 6.69. The molecule has 0 heterocycles. The van der Waals surface area contributed by atoms with E-state index in [2.05, 4.69) is 12.6 Å². The molecule has 6 unspecified atom stereocenters. The highest BCUT2D eigenvalue weighted by molar-refractivity contribution is 7.80. The lowest BCUT2D eigenvalue weighted by molar-refractivity contribution is 0.146. The second-order valence-electron chi connectivity index (χ2n) is 6.57. The van der Waals surface area contributed by atoms with Gasteiger partial charge in [0, 0.05) is 0 Å². The van der Waals surface area contributed by atoms with Crippen molar-refractivity contribution >= 4 is 12.6 Å². The Bertz CT molecular complexity index is 251. The molecule has 0 N–H and O–H groups in total. The summed E-state index contributed by atoms with van der Waals surface area (Å²) in [6.45, 7) is 0. The molecule has 0 radical (unpaired) electrons. The van der Waals surface area contributed by atoms with Gasteiger partial charge in [0.15, 0.2) is 0 Å². The Balaban J connectivity index is 1.65. The molecule has 4 rings (SSSR count). The lowest BCUT2D eigenvalue weighted by atomic mass is 9.71. The average Bonchev–Trinajstić information content (AvgIpc) is 2.95. The van der Waals surface area contributed by atoms with Gasteiger partial charge in [-0.1, -0.05) is 0 Å². The Morgan fingerprint density at radius 1 is 0.867 bits per heavy atom. The molecule has 0 saturated heterocycles. The highest BCUT2D eigenvalue weighted by atomic mass is 32.1. The summed E-state index contributed by atoms with van der Waals surface area (Å²) in [5.74, 6) is 9.22. The molecule has 0 aromatic carbocycles. The van der Waals surface area contributed by atoms with Gasteiger partial charge in [-0.2, -0.15) is 12.6 Å². The minimum Gasteiger partial charge on any atom is -0.179 e. The van der Waals surface area contributed by atoms with Gasteiger partial charge in [0.05, 0.1) is 0 Å². The van der Waals surface area contributed by atoms with E-state index in [1.54, 1.807) is 32.1 Å². The predicted octanol–water partition coefficient (Wildman–Crippen LogP) is 3.62. The third kappa shape index (κ3) is 1.06. The van der Waals surface area contributed by atoms with Gasteiger partial charge in [-0.3, -0.25) is 0 Å². The molecule has 4 aliphatic rings. The summed E-state index contributed by atoms with van der Waals surface area (Å²) in [5, 5.41) is 0. The van der Waals surface area contributed by atoms with E-state index in [0.717, 1.165) is 35.3 Å². The molecule has 4 fully saturated rings. The second kappa shape index (κ2) is 3.18. The van der Waals surface area contributed by atoms with Crippen molar-refractivity contribution in [2.24, 2.45) is 41.4 Å². The number of rotatable bonds is 2. The van der Waals surface area contributed by atoms with Crippen LogP contribution in [-0.2, 0) is 0 Å². The smallest absolute Gasteiger partial charge is 0.00951 e. The Morgan fingerprint density at radius 3 is 2.00 bits per heavy atom. The van der Waals surface area contributed by atoms with Crippen molar-refractivity contribution < 1.29 is 0 Å². The van der Waals surface area contributed by atoms with Gasteiger partial charge in [-0.05, 0) is 85.7 Å². The highest BCUT2D eigenvalue weighted by Gasteiger charge is 2.62. The number of fused-ring (bicyclic) bond motifs is 9. The van der Waals surface area contributed by atoms with Gasteiger partial charge in [0.25, 0.3) is 0 Å². The molecule has 0 aliphatic heterocycles. The molecule has 4 bridgehead atoms. The highest BCUT2D eigenvalue weighted by Crippen LogP contribution is 2.69. The number of thiol groups is 1. The monoisotopic (exact) mass is 222 g/mol. The number of hydrogen-bond donors (Lipinski definition) is 1. The molecule has 0 amide bonds. The predicted molar refractivity (Wildman–Crippen MR) is 66.0 cm³/mol. The zero-order valence-electron chi connectivity index (χ0n) is 9.44. The van der Waals surface area contributed by atoms with Crippen LogP contribution in [0, 0.1) is 41.4 Å². The summed E-state index contributed by atoms with van der Waals surface area (Å²) in [5.41, 5.74) is 0. The zero-order chi connectivity index (χ0) is 9.99. The Hall–Kier alpha value is 0.350. The van der Waals surface area contributed by atoms with Gasteiger partial charge in [-0.25, -0.2) is 0 Å². The molecule has 0 nitrogen and oxygen atoms in total. The van der Waals surface area contributed by atoms with E-state index >= 15 is 0 Å². The van der Waals surface area contributed by atoms with Gasteiger partial charge >= 0.3 is 0 Å². The first kappa shape index (κ1) is 9.39.